The molecule has 2 atom stereocenters. The summed E-state index contributed by atoms with van der Waals surface area (Å²) in [5, 5.41) is 3.48. The van der Waals surface area contributed by atoms with E-state index in [0.29, 0.717) is 11.3 Å². The molecule has 2 rings (SSSR count). The molecule has 2 unspecified atom stereocenters. The van der Waals surface area contributed by atoms with E-state index in [2.05, 4.69) is 48.6 Å². The van der Waals surface area contributed by atoms with Crippen molar-refractivity contribution in [2.24, 2.45) is 11.3 Å². The van der Waals surface area contributed by atoms with Crippen LogP contribution in [0.25, 0.3) is 0 Å². The first-order valence-electron chi connectivity index (χ1n) is 4.94. The quantitative estimate of drug-likeness (QED) is 0.675. The molecule has 0 radical (unpaired) electrons. The monoisotopic (exact) mass is 178 g/mol. The second kappa shape index (κ2) is 3.28. The summed E-state index contributed by atoms with van der Waals surface area (Å²) in [7, 11) is 4.30. The molecule has 1 aliphatic heterocycles. The molecular weight excluding hydrogens is 160 g/mol. The number of nitrogens with one attached hydrogen (secondary N) is 1. The minimum absolute atomic E-state index is 0.359. The SMILES string of the molecule is CN(C)CC12C=CC=CC1CNC2. The first-order chi connectivity index (χ1) is 6.23. The number of hydrogen-bond acceptors (Lipinski definition) is 2. The highest BCUT2D eigenvalue weighted by molar-refractivity contribution is 5.23. The van der Waals surface area contributed by atoms with E-state index in [1.165, 1.54) is 0 Å². The minimum Gasteiger partial charge on any atom is -0.315 e. The molecule has 0 aromatic rings. The molecule has 1 aliphatic carbocycles. The maximum atomic E-state index is 3.48. The van der Waals surface area contributed by atoms with E-state index in [-0.39, 0.29) is 0 Å². The number of rotatable bonds is 2. The maximum Gasteiger partial charge on any atom is 0.0212 e. The first kappa shape index (κ1) is 8.97. The third-order valence-electron chi connectivity index (χ3n) is 3.05. The zero-order chi connectivity index (χ0) is 9.31. The van der Waals surface area contributed by atoms with Gasteiger partial charge in [-0.2, -0.15) is 0 Å². The largest absolute Gasteiger partial charge is 0.315 e. The Hall–Kier alpha value is -0.600. The van der Waals surface area contributed by atoms with Gasteiger partial charge < -0.3 is 10.2 Å². The number of fused-ring (bicyclic) bond motifs is 1. The topological polar surface area (TPSA) is 15.3 Å². The van der Waals surface area contributed by atoms with Gasteiger partial charge in [0.25, 0.3) is 0 Å². The predicted molar refractivity (Wildman–Crippen MR) is 55.6 cm³/mol. The van der Waals surface area contributed by atoms with Gasteiger partial charge in [-0.1, -0.05) is 24.3 Å². The standard InChI is InChI=1S/C11H18N2/c1-13(2)9-11-6-4-3-5-10(11)7-12-8-11/h3-6,10,12H,7-9H2,1-2H3. The summed E-state index contributed by atoms with van der Waals surface area (Å²) in [4.78, 5) is 2.28. The highest BCUT2D eigenvalue weighted by Crippen LogP contribution is 2.36. The fourth-order valence-electron chi connectivity index (χ4n) is 2.50. The second-order valence-corrected chi connectivity index (χ2v) is 4.45. The van der Waals surface area contributed by atoms with Crippen LogP contribution >= 0.6 is 0 Å². The van der Waals surface area contributed by atoms with Crippen molar-refractivity contribution in [1.82, 2.24) is 10.2 Å². The smallest absolute Gasteiger partial charge is 0.0212 e. The van der Waals surface area contributed by atoms with E-state index in [4.69, 9.17) is 0 Å². The Bertz CT molecular complexity index is 242. The fraction of sp³-hybridized carbons (Fsp3) is 0.636. The van der Waals surface area contributed by atoms with Crippen LogP contribution in [-0.4, -0.2) is 38.6 Å². The van der Waals surface area contributed by atoms with Gasteiger partial charge >= 0.3 is 0 Å². The molecule has 2 nitrogen and oxygen atoms in total. The lowest BCUT2D eigenvalue weighted by molar-refractivity contribution is 0.237. The third-order valence-corrected chi connectivity index (χ3v) is 3.05. The van der Waals surface area contributed by atoms with Gasteiger partial charge in [0.1, 0.15) is 0 Å². The number of allylic oxidation sites excluding steroid dienone is 2. The predicted octanol–water partition coefficient (Wildman–Crippen LogP) is 0.880. The fourth-order valence-corrected chi connectivity index (χ4v) is 2.50. The molecule has 1 N–H and O–H groups in total. The van der Waals surface area contributed by atoms with E-state index >= 15 is 0 Å². The van der Waals surface area contributed by atoms with Gasteiger partial charge in [0, 0.05) is 31.0 Å². The first-order valence-corrected chi connectivity index (χ1v) is 4.94. The Morgan fingerprint density at radius 1 is 1.46 bits per heavy atom. The average molecular weight is 178 g/mol. The van der Waals surface area contributed by atoms with Gasteiger partial charge in [0.2, 0.25) is 0 Å². The van der Waals surface area contributed by atoms with Crippen molar-refractivity contribution in [3.63, 3.8) is 0 Å². The molecule has 1 saturated heterocycles. The highest BCUT2D eigenvalue weighted by atomic mass is 15.1. The van der Waals surface area contributed by atoms with Crippen LogP contribution in [0.4, 0.5) is 0 Å². The normalized spacial score (nSPS) is 37.0. The van der Waals surface area contributed by atoms with E-state index in [1.54, 1.807) is 0 Å². The molecule has 2 heteroatoms. The molecule has 0 amide bonds. The Labute approximate surface area is 80.3 Å². The summed E-state index contributed by atoms with van der Waals surface area (Å²) in [6.45, 7) is 3.40. The van der Waals surface area contributed by atoms with Crippen LogP contribution in [0.1, 0.15) is 0 Å². The van der Waals surface area contributed by atoms with E-state index in [9.17, 15) is 0 Å². The molecule has 0 spiro atoms. The Morgan fingerprint density at radius 3 is 3.08 bits per heavy atom. The minimum atomic E-state index is 0.359. The third kappa shape index (κ3) is 1.56. The molecule has 0 bridgehead atoms. The zero-order valence-corrected chi connectivity index (χ0v) is 8.46. The molecule has 0 aromatic heterocycles. The van der Waals surface area contributed by atoms with E-state index in [1.807, 2.05) is 0 Å². The van der Waals surface area contributed by atoms with Crippen molar-refractivity contribution in [1.29, 1.82) is 0 Å². The molecule has 0 saturated carbocycles. The van der Waals surface area contributed by atoms with Crippen molar-refractivity contribution in [2.75, 3.05) is 33.7 Å². The molecule has 1 heterocycles. The molecule has 0 aromatic carbocycles. The van der Waals surface area contributed by atoms with Gasteiger partial charge in [0.05, 0.1) is 0 Å². The van der Waals surface area contributed by atoms with Crippen LogP contribution < -0.4 is 5.32 Å². The Morgan fingerprint density at radius 2 is 2.31 bits per heavy atom. The number of nitrogens with zero attached hydrogens (tertiary/aromatic N) is 1. The van der Waals surface area contributed by atoms with Crippen LogP contribution in [0.5, 0.6) is 0 Å². The highest BCUT2D eigenvalue weighted by Gasteiger charge is 2.40. The van der Waals surface area contributed by atoms with Gasteiger partial charge in [0.15, 0.2) is 0 Å². The Balaban J connectivity index is 2.18. The van der Waals surface area contributed by atoms with Crippen LogP contribution in [0, 0.1) is 11.3 Å². The summed E-state index contributed by atoms with van der Waals surface area (Å²) in [6.07, 6.45) is 9.07. The van der Waals surface area contributed by atoms with Crippen LogP contribution in [-0.2, 0) is 0 Å². The lowest BCUT2D eigenvalue weighted by Gasteiger charge is -2.34. The van der Waals surface area contributed by atoms with E-state index < -0.39 is 0 Å². The van der Waals surface area contributed by atoms with Gasteiger partial charge in [-0.15, -0.1) is 0 Å². The summed E-state index contributed by atoms with van der Waals surface area (Å²) < 4.78 is 0. The van der Waals surface area contributed by atoms with Crippen LogP contribution in [0.3, 0.4) is 0 Å². The average Bonchev–Trinajstić information content (AvgIpc) is 2.45. The van der Waals surface area contributed by atoms with Crippen molar-refractivity contribution in [3.8, 4) is 0 Å². The molecular formula is C11H18N2. The zero-order valence-electron chi connectivity index (χ0n) is 8.46. The number of hydrogen-bond donors (Lipinski definition) is 1. The van der Waals surface area contributed by atoms with Gasteiger partial charge in [-0.05, 0) is 14.1 Å². The molecule has 2 aliphatic rings. The maximum absolute atomic E-state index is 3.48. The second-order valence-electron chi connectivity index (χ2n) is 4.45. The molecule has 1 fully saturated rings. The van der Waals surface area contributed by atoms with Crippen LogP contribution in [0.15, 0.2) is 24.3 Å². The summed E-state index contributed by atoms with van der Waals surface area (Å²) >= 11 is 0. The van der Waals surface area contributed by atoms with Crippen molar-refractivity contribution >= 4 is 0 Å². The lowest BCUT2D eigenvalue weighted by atomic mass is 9.75. The van der Waals surface area contributed by atoms with Crippen molar-refractivity contribution in [3.05, 3.63) is 24.3 Å². The van der Waals surface area contributed by atoms with Crippen LogP contribution in [0.2, 0.25) is 0 Å². The van der Waals surface area contributed by atoms with Gasteiger partial charge in [-0.3, -0.25) is 0 Å². The van der Waals surface area contributed by atoms with Crippen molar-refractivity contribution in [2.45, 2.75) is 0 Å². The molecule has 13 heavy (non-hydrogen) atoms. The summed E-state index contributed by atoms with van der Waals surface area (Å²) in [5.74, 6) is 0.694. The Kier molecular flexibility index (Phi) is 2.26. The molecule has 72 valence electrons. The summed E-state index contributed by atoms with van der Waals surface area (Å²) in [6, 6.07) is 0. The van der Waals surface area contributed by atoms with E-state index in [0.717, 1.165) is 19.6 Å². The summed E-state index contributed by atoms with van der Waals surface area (Å²) in [5.41, 5.74) is 0.359. The van der Waals surface area contributed by atoms with Gasteiger partial charge in [-0.25, -0.2) is 0 Å². The lowest BCUT2D eigenvalue weighted by Crippen LogP contribution is -2.38. The van der Waals surface area contributed by atoms with Crippen molar-refractivity contribution < 1.29 is 0 Å².